The molecule has 106 valence electrons. The van der Waals surface area contributed by atoms with E-state index >= 15 is 0 Å². The Morgan fingerprint density at radius 2 is 1.76 bits per heavy atom. The zero-order valence-electron chi connectivity index (χ0n) is 10.7. The Kier molecular flexibility index (Phi) is 3.13. The van der Waals surface area contributed by atoms with Crippen LogP contribution in [-0.4, -0.2) is 18.3 Å². The van der Waals surface area contributed by atoms with Crippen LogP contribution in [-0.2, 0) is 4.79 Å². The van der Waals surface area contributed by atoms with E-state index in [1.807, 2.05) is 0 Å². The number of amides is 1. The fourth-order valence-electron chi connectivity index (χ4n) is 2.03. The minimum atomic E-state index is -1.09. The second-order valence-electron chi connectivity index (χ2n) is 4.51. The van der Waals surface area contributed by atoms with Gasteiger partial charge in [-0.3, -0.25) is 9.59 Å². The van der Waals surface area contributed by atoms with E-state index in [2.05, 4.69) is 5.32 Å². The van der Waals surface area contributed by atoms with Crippen molar-refractivity contribution in [2.75, 3.05) is 11.9 Å². The zero-order chi connectivity index (χ0) is 15.0. The van der Waals surface area contributed by atoms with E-state index in [-0.39, 0.29) is 23.6 Å². The van der Waals surface area contributed by atoms with Crippen molar-refractivity contribution < 1.29 is 23.1 Å². The van der Waals surface area contributed by atoms with E-state index in [9.17, 15) is 18.4 Å². The summed E-state index contributed by atoms with van der Waals surface area (Å²) >= 11 is 0. The number of hydrogen-bond donors (Lipinski definition) is 1. The third-order valence-corrected chi connectivity index (χ3v) is 3.06. The molecule has 0 unspecified atom stereocenters. The first-order valence-electron chi connectivity index (χ1n) is 6.11. The molecule has 4 nitrogen and oxygen atoms in total. The molecular formula is C15H9F2NO3. The molecule has 2 aromatic carbocycles. The van der Waals surface area contributed by atoms with E-state index < -0.39 is 17.4 Å². The molecule has 6 heteroatoms. The molecule has 0 atom stereocenters. The molecule has 21 heavy (non-hydrogen) atoms. The standard InChI is InChI=1S/C15H9F2NO3/c16-10-3-1-8(5-11(10)17)15(20)9-2-4-13-12(6-9)18-14(19)7-21-13/h1-6H,7H2,(H,18,19). The lowest BCUT2D eigenvalue weighted by Gasteiger charge is -2.18. The van der Waals surface area contributed by atoms with Gasteiger partial charge in [0.05, 0.1) is 5.69 Å². The van der Waals surface area contributed by atoms with Gasteiger partial charge in [0.25, 0.3) is 5.91 Å². The second kappa shape index (κ2) is 4.97. The molecule has 1 N–H and O–H groups in total. The van der Waals surface area contributed by atoms with E-state index in [1.54, 1.807) is 6.07 Å². The lowest BCUT2D eigenvalue weighted by Crippen LogP contribution is -2.25. The van der Waals surface area contributed by atoms with Crippen molar-refractivity contribution >= 4 is 17.4 Å². The predicted molar refractivity (Wildman–Crippen MR) is 70.4 cm³/mol. The van der Waals surface area contributed by atoms with Gasteiger partial charge in [0.15, 0.2) is 24.0 Å². The number of anilines is 1. The van der Waals surface area contributed by atoms with Crippen LogP contribution < -0.4 is 10.1 Å². The molecule has 0 fully saturated rings. The number of carbonyl (C=O) groups excluding carboxylic acids is 2. The van der Waals surface area contributed by atoms with Crippen LogP contribution in [0.5, 0.6) is 5.75 Å². The topological polar surface area (TPSA) is 55.4 Å². The van der Waals surface area contributed by atoms with Gasteiger partial charge < -0.3 is 10.1 Å². The van der Waals surface area contributed by atoms with Crippen molar-refractivity contribution in [3.63, 3.8) is 0 Å². The molecule has 0 spiro atoms. The summed E-state index contributed by atoms with van der Waals surface area (Å²) in [5, 5.41) is 2.58. The predicted octanol–water partition coefficient (Wildman–Crippen LogP) is 2.53. The minimum Gasteiger partial charge on any atom is -0.482 e. The van der Waals surface area contributed by atoms with Gasteiger partial charge in [-0.25, -0.2) is 8.78 Å². The first-order chi connectivity index (χ1) is 10.0. The van der Waals surface area contributed by atoms with Crippen molar-refractivity contribution in [3.8, 4) is 5.75 Å². The Balaban J connectivity index is 1.96. The fraction of sp³-hybridized carbons (Fsp3) is 0.0667. The summed E-state index contributed by atoms with van der Waals surface area (Å²) in [6.07, 6.45) is 0. The number of carbonyl (C=O) groups is 2. The van der Waals surface area contributed by atoms with Crippen LogP contribution in [0.15, 0.2) is 36.4 Å². The molecule has 2 aromatic rings. The summed E-state index contributed by atoms with van der Waals surface area (Å²) in [6, 6.07) is 7.42. The summed E-state index contributed by atoms with van der Waals surface area (Å²) in [5.74, 6) is -2.44. The Bertz CT molecular complexity index is 759. The average Bonchev–Trinajstić information content (AvgIpc) is 2.48. The average molecular weight is 289 g/mol. The van der Waals surface area contributed by atoms with Crippen LogP contribution in [0.3, 0.4) is 0 Å². The summed E-state index contributed by atoms with van der Waals surface area (Å²) in [6.45, 7) is -0.0799. The highest BCUT2D eigenvalue weighted by Gasteiger charge is 2.19. The van der Waals surface area contributed by atoms with Crippen molar-refractivity contribution in [1.82, 2.24) is 0 Å². The van der Waals surface area contributed by atoms with E-state index in [1.165, 1.54) is 18.2 Å². The Morgan fingerprint density at radius 3 is 2.52 bits per heavy atom. The quantitative estimate of drug-likeness (QED) is 0.864. The van der Waals surface area contributed by atoms with Gasteiger partial charge in [0.1, 0.15) is 5.75 Å². The number of benzene rings is 2. The Labute approximate surface area is 118 Å². The van der Waals surface area contributed by atoms with Crippen LogP contribution >= 0.6 is 0 Å². The third kappa shape index (κ3) is 2.47. The maximum atomic E-state index is 13.2. The molecule has 0 aliphatic carbocycles. The molecule has 0 bridgehead atoms. The fourth-order valence-corrected chi connectivity index (χ4v) is 2.03. The normalized spacial score (nSPS) is 13.1. The molecule has 1 heterocycles. The highest BCUT2D eigenvalue weighted by Crippen LogP contribution is 2.29. The van der Waals surface area contributed by atoms with Gasteiger partial charge in [0, 0.05) is 11.1 Å². The number of nitrogens with one attached hydrogen (secondary N) is 1. The molecular weight excluding hydrogens is 280 g/mol. The number of hydrogen-bond acceptors (Lipinski definition) is 3. The molecule has 0 radical (unpaired) electrons. The summed E-state index contributed by atoms with van der Waals surface area (Å²) < 4.78 is 31.2. The highest BCUT2D eigenvalue weighted by atomic mass is 19.2. The number of fused-ring (bicyclic) bond motifs is 1. The maximum Gasteiger partial charge on any atom is 0.262 e. The van der Waals surface area contributed by atoms with E-state index in [0.717, 1.165) is 12.1 Å². The third-order valence-electron chi connectivity index (χ3n) is 3.06. The Morgan fingerprint density at radius 1 is 1.05 bits per heavy atom. The summed E-state index contributed by atoms with van der Waals surface area (Å²) in [7, 11) is 0. The van der Waals surface area contributed by atoms with Crippen molar-refractivity contribution in [3.05, 3.63) is 59.2 Å². The lowest BCUT2D eigenvalue weighted by molar-refractivity contribution is -0.118. The van der Waals surface area contributed by atoms with Crippen LogP contribution in [0.25, 0.3) is 0 Å². The van der Waals surface area contributed by atoms with Gasteiger partial charge in [-0.05, 0) is 36.4 Å². The second-order valence-corrected chi connectivity index (χ2v) is 4.51. The summed E-state index contributed by atoms with van der Waals surface area (Å²) in [4.78, 5) is 23.5. The van der Waals surface area contributed by atoms with Crippen LogP contribution in [0, 0.1) is 11.6 Å². The molecule has 3 rings (SSSR count). The van der Waals surface area contributed by atoms with Crippen LogP contribution in [0.4, 0.5) is 14.5 Å². The van der Waals surface area contributed by atoms with E-state index in [0.29, 0.717) is 11.4 Å². The molecule has 0 saturated heterocycles. The minimum absolute atomic E-state index is 0.0249. The molecule has 0 aromatic heterocycles. The van der Waals surface area contributed by atoms with Crippen LogP contribution in [0.1, 0.15) is 15.9 Å². The first-order valence-corrected chi connectivity index (χ1v) is 6.11. The lowest BCUT2D eigenvalue weighted by atomic mass is 10.0. The Hall–Kier alpha value is -2.76. The molecule has 0 saturated carbocycles. The first kappa shape index (κ1) is 13.2. The summed E-state index contributed by atoms with van der Waals surface area (Å²) in [5.41, 5.74) is 0.641. The largest absolute Gasteiger partial charge is 0.482 e. The smallest absolute Gasteiger partial charge is 0.262 e. The van der Waals surface area contributed by atoms with Gasteiger partial charge in [0.2, 0.25) is 0 Å². The van der Waals surface area contributed by atoms with Gasteiger partial charge >= 0.3 is 0 Å². The number of halogens is 2. The van der Waals surface area contributed by atoms with Crippen LogP contribution in [0.2, 0.25) is 0 Å². The number of rotatable bonds is 2. The van der Waals surface area contributed by atoms with Crippen molar-refractivity contribution in [2.24, 2.45) is 0 Å². The van der Waals surface area contributed by atoms with Gasteiger partial charge in [-0.1, -0.05) is 0 Å². The van der Waals surface area contributed by atoms with Gasteiger partial charge in [-0.15, -0.1) is 0 Å². The van der Waals surface area contributed by atoms with E-state index in [4.69, 9.17) is 4.74 Å². The van der Waals surface area contributed by atoms with Gasteiger partial charge in [-0.2, -0.15) is 0 Å². The molecule has 1 aliphatic heterocycles. The van der Waals surface area contributed by atoms with Crippen molar-refractivity contribution in [1.29, 1.82) is 0 Å². The highest BCUT2D eigenvalue weighted by molar-refractivity contribution is 6.10. The van der Waals surface area contributed by atoms with Crippen molar-refractivity contribution in [2.45, 2.75) is 0 Å². The number of ether oxygens (including phenoxy) is 1. The SMILES string of the molecule is O=C1COc2ccc(C(=O)c3ccc(F)c(F)c3)cc2N1. The zero-order valence-corrected chi connectivity index (χ0v) is 10.7. The molecule has 1 amide bonds. The molecule has 1 aliphatic rings. The number of ketones is 1. The monoisotopic (exact) mass is 289 g/mol. The maximum absolute atomic E-state index is 13.2.